The van der Waals surface area contributed by atoms with Crippen molar-refractivity contribution in [3.05, 3.63) is 23.1 Å². The summed E-state index contributed by atoms with van der Waals surface area (Å²) in [5.41, 5.74) is 0. The van der Waals surface area contributed by atoms with Gasteiger partial charge in [-0.15, -0.1) is 0 Å². The van der Waals surface area contributed by atoms with Crippen molar-refractivity contribution < 1.29 is 8.42 Å². The van der Waals surface area contributed by atoms with Crippen LogP contribution in [0.4, 0.5) is 0 Å². The molecule has 0 spiro atoms. The van der Waals surface area contributed by atoms with E-state index in [0.717, 1.165) is 0 Å². The molecular formula is C8H12BrN3O2S. The van der Waals surface area contributed by atoms with Gasteiger partial charge in [0.25, 0.3) is 10.0 Å². The first-order chi connectivity index (χ1) is 6.83. The first-order valence-electron chi connectivity index (χ1n) is 4.16. The Morgan fingerprint density at radius 3 is 2.73 bits per heavy atom. The number of aryl methyl sites for hydroxylation is 2. The molecule has 0 amide bonds. The Balaban J connectivity index is 2.91. The molecule has 5 nitrogen and oxygen atoms in total. The Morgan fingerprint density at radius 1 is 1.73 bits per heavy atom. The van der Waals surface area contributed by atoms with Crippen molar-refractivity contribution >= 4 is 26.0 Å². The molecule has 0 saturated heterocycles. The van der Waals surface area contributed by atoms with E-state index in [1.165, 1.54) is 6.20 Å². The summed E-state index contributed by atoms with van der Waals surface area (Å²) in [5.74, 6) is 0.646. The lowest BCUT2D eigenvalue weighted by Crippen LogP contribution is -2.25. The molecular weight excluding hydrogens is 282 g/mol. The molecule has 1 N–H and O–H groups in total. The highest BCUT2D eigenvalue weighted by atomic mass is 79.9. The molecule has 0 aliphatic carbocycles. The van der Waals surface area contributed by atoms with E-state index in [-0.39, 0.29) is 11.6 Å². The number of rotatable bonds is 4. The molecule has 15 heavy (non-hydrogen) atoms. The number of hydrogen-bond acceptors (Lipinski definition) is 3. The van der Waals surface area contributed by atoms with Crippen LogP contribution in [0.15, 0.2) is 22.3 Å². The number of imidazole rings is 1. The van der Waals surface area contributed by atoms with Gasteiger partial charge in [0.05, 0.1) is 0 Å². The Kier molecular flexibility index (Phi) is 3.69. The maximum Gasteiger partial charge on any atom is 0.259 e. The second-order valence-electron chi connectivity index (χ2n) is 3.08. The van der Waals surface area contributed by atoms with Crippen molar-refractivity contribution in [3.63, 3.8) is 0 Å². The molecule has 0 radical (unpaired) electrons. The van der Waals surface area contributed by atoms with Gasteiger partial charge < -0.3 is 4.57 Å². The zero-order chi connectivity index (χ0) is 11.6. The van der Waals surface area contributed by atoms with Crippen LogP contribution in [0.1, 0.15) is 5.82 Å². The second kappa shape index (κ2) is 4.46. The quantitative estimate of drug-likeness (QED) is 0.898. The second-order valence-corrected chi connectivity index (χ2v) is 5.91. The Hall–Kier alpha value is -0.660. The maximum atomic E-state index is 11.7. The molecule has 0 aromatic carbocycles. The summed E-state index contributed by atoms with van der Waals surface area (Å²) in [7, 11) is -1.79. The van der Waals surface area contributed by atoms with Crippen molar-refractivity contribution in [1.82, 2.24) is 14.3 Å². The van der Waals surface area contributed by atoms with E-state index >= 15 is 0 Å². The van der Waals surface area contributed by atoms with E-state index in [9.17, 15) is 8.42 Å². The molecule has 0 aliphatic heterocycles. The van der Waals surface area contributed by atoms with Crippen molar-refractivity contribution in [2.24, 2.45) is 7.05 Å². The molecule has 1 heterocycles. The zero-order valence-electron chi connectivity index (χ0n) is 8.49. The molecule has 0 atom stereocenters. The average Bonchev–Trinajstić information content (AvgIpc) is 2.45. The zero-order valence-corrected chi connectivity index (χ0v) is 10.9. The molecule has 0 unspecified atom stereocenters. The van der Waals surface area contributed by atoms with Crippen LogP contribution in [-0.2, 0) is 17.1 Å². The molecule has 0 saturated carbocycles. The molecule has 1 rings (SSSR count). The molecule has 1 aromatic heterocycles. The standard InChI is InChI=1S/C8H12BrN3O2S/c1-6(9)4-10-15(13,14)8-5-12(3)7(2)11-8/h5,10H,1,4H2,2-3H3. The summed E-state index contributed by atoms with van der Waals surface area (Å²) in [6.45, 7) is 5.43. The van der Waals surface area contributed by atoms with Gasteiger partial charge in [0, 0.05) is 24.3 Å². The lowest BCUT2D eigenvalue weighted by Gasteiger charge is -2.01. The minimum absolute atomic E-state index is 0.0243. The fraction of sp³-hybridized carbons (Fsp3) is 0.375. The van der Waals surface area contributed by atoms with E-state index in [1.807, 2.05) is 0 Å². The number of hydrogen-bond donors (Lipinski definition) is 1. The minimum atomic E-state index is -3.53. The SMILES string of the molecule is C=C(Br)CNS(=O)(=O)c1cn(C)c(C)n1. The molecule has 0 aliphatic rings. The molecule has 84 valence electrons. The van der Waals surface area contributed by atoms with Crippen molar-refractivity contribution in [2.45, 2.75) is 11.9 Å². The number of nitrogens with one attached hydrogen (secondary N) is 1. The summed E-state index contributed by atoms with van der Waals surface area (Å²) < 4.78 is 27.9. The average molecular weight is 294 g/mol. The largest absolute Gasteiger partial charge is 0.337 e. The topological polar surface area (TPSA) is 64.0 Å². The van der Waals surface area contributed by atoms with Crippen LogP contribution in [0.2, 0.25) is 0 Å². The van der Waals surface area contributed by atoms with Crippen molar-refractivity contribution in [2.75, 3.05) is 6.54 Å². The van der Waals surface area contributed by atoms with Crippen molar-refractivity contribution in [1.29, 1.82) is 0 Å². The molecule has 0 bridgehead atoms. The van der Waals surface area contributed by atoms with Crippen LogP contribution >= 0.6 is 15.9 Å². The number of nitrogens with zero attached hydrogens (tertiary/aromatic N) is 2. The summed E-state index contributed by atoms with van der Waals surface area (Å²) in [6, 6.07) is 0. The third-order valence-corrected chi connectivity index (χ3v) is 3.37. The highest BCUT2D eigenvalue weighted by Gasteiger charge is 2.17. The Morgan fingerprint density at radius 2 is 2.33 bits per heavy atom. The lowest BCUT2D eigenvalue weighted by molar-refractivity contribution is 0.582. The van der Waals surface area contributed by atoms with E-state index in [2.05, 4.69) is 32.2 Å². The van der Waals surface area contributed by atoms with Crippen LogP contribution in [0.3, 0.4) is 0 Å². The van der Waals surface area contributed by atoms with E-state index < -0.39 is 10.0 Å². The first kappa shape index (κ1) is 12.4. The number of aromatic nitrogens is 2. The van der Waals surface area contributed by atoms with E-state index in [4.69, 9.17) is 0 Å². The lowest BCUT2D eigenvalue weighted by atomic mass is 10.7. The van der Waals surface area contributed by atoms with Gasteiger partial charge in [-0.25, -0.2) is 18.1 Å². The van der Waals surface area contributed by atoms with Crippen LogP contribution in [0, 0.1) is 6.92 Å². The first-order valence-corrected chi connectivity index (χ1v) is 6.43. The van der Waals surface area contributed by atoms with Crippen LogP contribution < -0.4 is 4.72 Å². The molecule has 7 heteroatoms. The van der Waals surface area contributed by atoms with E-state index in [1.54, 1.807) is 18.5 Å². The monoisotopic (exact) mass is 293 g/mol. The predicted octanol–water partition coefficient (Wildman–Crippen LogP) is 0.915. The number of sulfonamides is 1. The van der Waals surface area contributed by atoms with Crippen molar-refractivity contribution in [3.8, 4) is 0 Å². The predicted molar refractivity (Wildman–Crippen MR) is 61.2 cm³/mol. The van der Waals surface area contributed by atoms with Gasteiger partial charge in [-0.2, -0.15) is 0 Å². The summed E-state index contributed by atoms with van der Waals surface area (Å²) in [6.07, 6.45) is 1.47. The summed E-state index contributed by atoms with van der Waals surface area (Å²) in [5, 5.41) is 0.0243. The van der Waals surface area contributed by atoms with Crippen LogP contribution in [0.25, 0.3) is 0 Å². The highest BCUT2D eigenvalue weighted by Crippen LogP contribution is 2.08. The minimum Gasteiger partial charge on any atom is -0.337 e. The van der Waals surface area contributed by atoms with Gasteiger partial charge in [0.2, 0.25) is 0 Å². The molecule has 0 fully saturated rings. The van der Waals surface area contributed by atoms with Crippen LogP contribution in [0.5, 0.6) is 0 Å². The third-order valence-electron chi connectivity index (χ3n) is 1.82. The summed E-state index contributed by atoms with van der Waals surface area (Å²) in [4.78, 5) is 3.93. The van der Waals surface area contributed by atoms with E-state index in [0.29, 0.717) is 10.3 Å². The fourth-order valence-corrected chi connectivity index (χ4v) is 2.29. The van der Waals surface area contributed by atoms with Gasteiger partial charge in [-0.3, -0.25) is 0 Å². The van der Waals surface area contributed by atoms with Crippen LogP contribution in [-0.4, -0.2) is 24.5 Å². The Labute approximate surface area is 97.4 Å². The van der Waals surface area contributed by atoms with Gasteiger partial charge in [-0.05, 0) is 6.92 Å². The Bertz CT molecular complexity index is 459. The number of halogens is 1. The van der Waals surface area contributed by atoms with Gasteiger partial charge in [0.15, 0.2) is 5.03 Å². The fourth-order valence-electron chi connectivity index (χ4n) is 0.903. The maximum absolute atomic E-state index is 11.7. The normalized spacial score (nSPS) is 11.7. The third kappa shape index (κ3) is 3.15. The highest BCUT2D eigenvalue weighted by molar-refractivity contribution is 9.11. The van der Waals surface area contributed by atoms with Gasteiger partial charge in [0.1, 0.15) is 5.82 Å². The van der Waals surface area contributed by atoms with Gasteiger partial charge >= 0.3 is 0 Å². The smallest absolute Gasteiger partial charge is 0.259 e. The molecule has 1 aromatic rings. The summed E-state index contributed by atoms with van der Waals surface area (Å²) >= 11 is 3.07. The van der Waals surface area contributed by atoms with Gasteiger partial charge in [-0.1, -0.05) is 22.5 Å².